The molecule has 12 nitrogen and oxygen atoms in total. The number of hydrogen-bond acceptors (Lipinski definition) is 8. The second-order valence-corrected chi connectivity index (χ2v) is 7.74. The molecule has 3 heterocycles. The first kappa shape index (κ1) is 21.0. The number of nitro groups is 1. The standard InChI is InChI=1S/C20H19N7O5/c21-9-13-14(11-2-1-3-12(8-11)27(31)32)15-17(23-18(13)29)24-20(25-19(15)30)26-6-4-10(5-7-26)16(22)28/h1-3,8,10,13-14H,4-7H2,(H2,22,28)(H2,23,24,25,29,30). The number of nitro benzene ring substituents is 1. The number of H-pyrrole nitrogens is 1. The van der Waals surface area contributed by atoms with Gasteiger partial charge in [-0.15, -0.1) is 0 Å². The number of rotatable bonds is 4. The van der Waals surface area contributed by atoms with Crippen LogP contribution in [0.3, 0.4) is 0 Å². The fraction of sp³-hybridized carbons (Fsp3) is 0.350. The molecule has 32 heavy (non-hydrogen) atoms. The van der Waals surface area contributed by atoms with Crippen molar-refractivity contribution in [3.8, 4) is 6.07 Å². The second-order valence-electron chi connectivity index (χ2n) is 7.74. The van der Waals surface area contributed by atoms with E-state index < -0.39 is 28.2 Å². The first-order valence-electron chi connectivity index (χ1n) is 9.93. The summed E-state index contributed by atoms with van der Waals surface area (Å²) in [6, 6.07) is 7.40. The van der Waals surface area contributed by atoms with Gasteiger partial charge in [0.1, 0.15) is 11.7 Å². The van der Waals surface area contributed by atoms with Gasteiger partial charge >= 0.3 is 0 Å². The fourth-order valence-electron chi connectivity index (χ4n) is 4.22. The van der Waals surface area contributed by atoms with Gasteiger partial charge in [-0.25, -0.2) is 0 Å². The van der Waals surface area contributed by atoms with Crippen molar-refractivity contribution in [2.45, 2.75) is 18.8 Å². The van der Waals surface area contributed by atoms with E-state index in [0.29, 0.717) is 31.5 Å². The topological polar surface area (TPSA) is 188 Å². The van der Waals surface area contributed by atoms with Crippen LogP contribution in [-0.2, 0) is 9.59 Å². The normalized spacial score (nSPS) is 20.7. The third-order valence-corrected chi connectivity index (χ3v) is 5.89. The maximum Gasteiger partial charge on any atom is 0.269 e. The summed E-state index contributed by atoms with van der Waals surface area (Å²) in [6.07, 6.45) is 1.02. The Kier molecular flexibility index (Phi) is 5.31. The average molecular weight is 437 g/mol. The number of nitriles is 1. The molecule has 12 heteroatoms. The van der Waals surface area contributed by atoms with Crippen LogP contribution in [0.15, 0.2) is 29.1 Å². The van der Waals surface area contributed by atoms with E-state index >= 15 is 0 Å². The van der Waals surface area contributed by atoms with Gasteiger partial charge in [-0.1, -0.05) is 12.1 Å². The number of nitrogens with one attached hydrogen (secondary N) is 2. The van der Waals surface area contributed by atoms with Crippen LogP contribution in [0.5, 0.6) is 0 Å². The van der Waals surface area contributed by atoms with E-state index in [-0.39, 0.29) is 34.8 Å². The van der Waals surface area contributed by atoms with Crippen LogP contribution in [0.1, 0.15) is 29.9 Å². The van der Waals surface area contributed by atoms with Crippen molar-refractivity contribution in [1.82, 2.24) is 9.97 Å². The minimum atomic E-state index is -1.26. The van der Waals surface area contributed by atoms with Crippen LogP contribution in [0.2, 0.25) is 0 Å². The number of primary amides is 1. The van der Waals surface area contributed by atoms with Crippen molar-refractivity contribution in [1.29, 1.82) is 5.26 Å². The lowest BCUT2D eigenvalue weighted by atomic mass is 9.79. The molecule has 2 aromatic rings. The predicted octanol–water partition coefficient (Wildman–Crippen LogP) is 0.604. The van der Waals surface area contributed by atoms with E-state index in [4.69, 9.17) is 5.73 Å². The monoisotopic (exact) mass is 437 g/mol. The largest absolute Gasteiger partial charge is 0.369 e. The molecule has 0 aliphatic carbocycles. The van der Waals surface area contributed by atoms with Crippen molar-refractivity contribution >= 4 is 29.3 Å². The van der Waals surface area contributed by atoms with E-state index in [1.54, 1.807) is 4.90 Å². The molecule has 1 aromatic heterocycles. The zero-order chi connectivity index (χ0) is 23.0. The van der Waals surface area contributed by atoms with Crippen LogP contribution < -0.4 is 21.5 Å². The lowest BCUT2D eigenvalue weighted by molar-refractivity contribution is -0.384. The quantitative estimate of drug-likeness (QED) is 0.458. The van der Waals surface area contributed by atoms with Crippen molar-refractivity contribution in [2.75, 3.05) is 23.3 Å². The maximum absolute atomic E-state index is 13.1. The Morgan fingerprint density at radius 3 is 2.66 bits per heavy atom. The van der Waals surface area contributed by atoms with E-state index in [1.807, 2.05) is 6.07 Å². The molecule has 2 unspecified atom stereocenters. The molecular formula is C20H19N7O5. The summed E-state index contributed by atoms with van der Waals surface area (Å²) in [6.45, 7) is 0.886. The fourth-order valence-corrected chi connectivity index (χ4v) is 4.22. The van der Waals surface area contributed by atoms with Crippen LogP contribution in [0.25, 0.3) is 0 Å². The number of fused-ring (bicyclic) bond motifs is 1. The molecule has 2 amide bonds. The Morgan fingerprint density at radius 1 is 1.31 bits per heavy atom. The lowest BCUT2D eigenvalue weighted by Gasteiger charge is -2.33. The number of non-ortho nitro benzene ring substituents is 1. The summed E-state index contributed by atoms with van der Waals surface area (Å²) in [4.78, 5) is 56.6. The summed E-state index contributed by atoms with van der Waals surface area (Å²) in [5, 5.41) is 23.3. The molecule has 0 spiro atoms. The molecule has 2 aliphatic rings. The van der Waals surface area contributed by atoms with E-state index in [1.165, 1.54) is 24.3 Å². The van der Waals surface area contributed by atoms with Gasteiger partial charge in [-0.05, 0) is 18.4 Å². The summed E-state index contributed by atoms with van der Waals surface area (Å²) in [7, 11) is 0. The highest BCUT2D eigenvalue weighted by atomic mass is 16.6. The zero-order valence-corrected chi connectivity index (χ0v) is 16.8. The van der Waals surface area contributed by atoms with Crippen LogP contribution in [-0.4, -0.2) is 39.8 Å². The summed E-state index contributed by atoms with van der Waals surface area (Å²) >= 11 is 0. The summed E-state index contributed by atoms with van der Waals surface area (Å²) in [5.74, 6) is -3.30. The number of nitrogens with zero attached hydrogens (tertiary/aromatic N) is 4. The van der Waals surface area contributed by atoms with Gasteiger partial charge in [0.15, 0.2) is 0 Å². The highest BCUT2D eigenvalue weighted by Gasteiger charge is 2.41. The molecule has 0 bridgehead atoms. The van der Waals surface area contributed by atoms with Gasteiger partial charge in [0.25, 0.3) is 11.2 Å². The molecule has 2 atom stereocenters. The molecule has 2 aliphatic heterocycles. The Balaban J connectivity index is 1.76. The van der Waals surface area contributed by atoms with E-state index in [0.717, 1.165) is 0 Å². The number of hydrogen-bond donors (Lipinski definition) is 3. The molecule has 164 valence electrons. The second kappa shape index (κ2) is 8.10. The van der Waals surface area contributed by atoms with Crippen molar-refractivity contribution in [2.24, 2.45) is 17.6 Å². The molecule has 0 radical (unpaired) electrons. The first-order valence-corrected chi connectivity index (χ1v) is 9.93. The molecular weight excluding hydrogens is 418 g/mol. The molecule has 0 saturated carbocycles. The van der Waals surface area contributed by atoms with Gasteiger partial charge < -0.3 is 16.0 Å². The Labute approximate surface area is 181 Å². The lowest BCUT2D eigenvalue weighted by Crippen LogP contribution is -2.42. The number of aromatic nitrogens is 2. The smallest absolute Gasteiger partial charge is 0.269 e. The van der Waals surface area contributed by atoms with E-state index in [9.17, 15) is 29.8 Å². The molecule has 4 rings (SSSR count). The van der Waals surface area contributed by atoms with Gasteiger partial charge in [-0.2, -0.15) is 10.2 Å². The van der Waals surface area contributed by atoms with Crippen molar-refractivity contribution in [3.63, 3.8) is 0 Å². The predicted molar refractivity (Wildman–Crippen MR) is 112 cm³/mol. The third kappa shape index (κ3) is 3.64. The van der Waals surface area contributed by atoms with E-state index in [2.05, 4.69) is 15.3 Å². The average Bonchev–Trinajstić information content (AvgIpc) is 2.78. The minimum absolute atomic E-state index is 0.00813. The molecule has 1 fully saturated rings. The number of aromatic amines is 1. The summed E-state index contributed by atoms with van der Waals surface area (Å²) in [5.41, 5.74) is 4.94. The highest BCUT2D eigenvalue weighted by Crippen LogP contribution is 2.39. The molecule has 4 N–H and O–H groups in total. The number of carbonyl (C=O) groups excluding carboxylic acids is 2. The number of amides is 2. The Bertz CT molecular complexity index is 1210. The van der Waals surface area contributed by atoms with Gasteiger partial charge in [0.2, 0.25) is 17.8 Å². The van der Waals surface area contributed by atoms with Crippen molar-refractivity contribution in [3.05, 3.63) is 55.9 Å². The van der Waals surface area contributed by atoms with Crippen LogP contribution >= 0.6 is 0 Å². The van der Waals surface area contributed by atoms with Crippen LogP contribution in [0.4, 0.5) is 17.5 Å². The minimum Gasteiger partial charge on any atom is -0.369 e. The maximum atomic E-state index is 13.1. The van der Waals surface area contributed by atoms with Gasteiger partial charge in [-0.3, -0.25) is 29.5 Å². The SMILES string of the molecule is N#CC1C(=O)Nc2nc(N3CCC(C(N)=O)CC3)[nH]c(=O)c2C1c1cccc([N+](=O)[O-])c1. The number of piperidine rings is 1. The molecule has 1 saturated heterocycles. The number of benzene rings is 1. The number of carbonyl (C=O) groups is 2. The van der Waals surface area contributed by atoms with Gasteiger partial charge in [0.05, 0.1) is 16.6 Å². The first-order chi connectivity index (χ1) is 15.3. The van der Waals surface area contributed by atoms with Gasteiger partial charge in [0, 0.05) is 37.1 Å². The third-order valence-electron chi connectivity index (χ3n) is 5.89. The Morgan fingerprint density at radius 2 is 2.03 bits per heavy atom. The number of nitrogens with two attached hydrogens (primary N) is 1. The summed E-state index contributed by atoms with van der Waals surface area (Å²) < 4.78 is 0. The Hall–Kier alpha value is -4.27. The van der Waals surface area contributed by atoms with Crippen LogP contribution in [0, 0.1) is 33.3 Å². The zero-order valence-electron chi connectivity index (χ0n) is 16.8. The van der Waals surface area contributed by atoms with Crippen molar-refractivity contribution < 1.29 is 14.5 Å². The molecule has 1 aromatic carbocycles. The highest BCUT2D eigenvalue weighted by molar-refractivity contribution is 5.98. The number of anilines is 2.